The van der Waals surface area contributed by atoms with Gasteiger partial charge in [0.15, 0.2) is 0 Å². The summed E-state index contributed by atoms with van der Waals surface area (Å²) >= 11 is 0. The van der Waals surface area contributed by atoms with Gasteiger partial charge in [-0.3, -0.25) is 9.69 Å². The number of imidazole rings is 1. The van der Waals surface area contributed by atoms with Gasteiger partial charge >= 0.3 is 0 Å². The van der Waals surface area contributed by atoms with Crippen molar-refractivity contribution in [2.75, 3.05) is 31.6 Å². The molecule has 0 aliphatic carbocycles. The number of halogens is 2. The van der Waals surface area contributed by atoms with E-state index >= 15 is 0 Å². The van der Waals surface area contributed by atoms with Crippen molar-refractivity contribution in [3.63, 3.8) is 0 Å². The van der Waals surface area contributed by atoms with Gasteiger partial charge in [-0.1, -0.05) is 0 Å². The number of benzene rings is 2. The maximum Gasteiger partial charge on any atom is 0.255 e. The first-order valence-corrected chi connectivity index (χ1v) is 8.63. The number of hydrogen-bond donors (Lipinski definition) is 2. The summed E-state index contributed by atoms with van der Waals surface area (Å²) in [5.41, 5.74) is 2.00. The fraction of sp³-hybridized carbons (Fsp3) is 0.263. The molecular weight excluding hydrogens is 354 g/mol. The molecule has 1 fully saturated rings. The number of nitrogens with one attached hydrogen (secondary N) is 2. The number of aromatic amines is 1. The smallest absolute Gasteiger partial charge is 0.255 e. The quantitative estimate of drug-likeness (QED) is 0.739. The molecule has 0 atom stereocenters. The molecule has 0 unspecified atom stereocenters. The summed E-state index contributed by atoms with van der Waals surface area (Å²) in [6.07, 6.45) is 0. The Morgan fingerprint density at radius 2 is 1.89 bits per heavy atom. The molecule has 140 valence electrons. The third-order valence-corrected chi connectivity index (χ3v) is 4.39. The third-order valence-electron chi connectivity index (χ3n) is 4.39. The summed E-state index contributed by atoms with van der Waals surface area (Å²) in [5, 5.41) is 2.65. The number of morpholine rings is 1. The van der Waals surface area contributed by atoms with E-state index < -0.39 is 17.5 Å². The molecule has 3 aromatic rings. The van der Waals surface area contributed by atoms with Crippen molar-refractivity contribution >= 4 is 22.6 Å². The standard InChI is InChI=1S/C19H18F2N4O2/c20-13-7-12(8-14(21)9-13)19(26)22-15-1-2-16-17(10-15)24-18(23-16)11-25-3-5-27-6-4-25/h1-2,7-10H,3-6,11H2,(H,22,26)(H,23,24). The molecule has 2 aromatic carbocycles. The van der Waals surface area contributed by atoms with E-state index in [0.29, 0.717) is 12.2 Å². The summed E-state index contributed by atoms with van der Waals surface area (Å²) in [7, 11) is 0. The van der Waals surface area contributed by atoms with Gasteiger partial charge in [-0.15, -0.1) is 0 Å². The third kappa shape index (κ3) is 4.12. The van der Waals surface area contributed by atoms with E-state index in [-0.39, 0.29) is 5.56 Å². The second-order valence-electron chi connectivity index (χ2n) is 6.42. The maximum absolute atomic E-state index is 13.3. The molecule has 1 aromatic heterocycles. The van der Waals surface area contributed by atoms with E-state index in [9.17, 15) is 13.6 Å². The van der Waals surface area contributed by atoms with Crippen LogP contribution in [0, 0.1) is 11.6 Å². The van der Waals surface area contributed by atoms with Gasteiger partial charge in [-0.25, -0.2) is 13.8 Å². The number of amides is 1. The number of aromatic nitrogens is 2. The van der Waals surface area contributed by atoms with Gasteiger partial charge < -0.3 is 15.0 Å². The van der Waals surface area contributed by atoms with E-state index in [4.69, 9.17) is 4.74 Å². The van der Waals surface area contributed by atoms with Crippen molar-refractivity contribution in [2.45, 2.75) is 6.54 Å². The highest BCUT2D eigenvalue weighted by Gasteiger charge is 2.14. The predicted molar refractivity (Wildman–Crippen MR) is 96.5 cm³/mol. The van der Waals surface area contributed by atoms with E-state index in [0.717, 1.165) is 61.4 Å². The Morgan fingerprint density at radius 1 is 1.15 bits per heavy atom. The Kier molecular flexibility index (Phi) is 4.83. The van der Waals surface area contributed by atoms with Crippen LogP contribution < -0.4 is 5.32 Å². The van der Waals surface area contributed by atoms with Crippen LogP contribution in [0.5, 0.6) is 0 Å². The van der Waals surface area contributed by atoms with Crippen LogP contribution in [-0.2, 0) is 11.3 Å². The molecule has 6 nitrogen and oxygen atoms in total. The number of rotatable bonds is 4. The fourth-order valence-corrected chi connectivity index (χ4v) is 3.07. The summed E-state index contributed by atoms with van der Waals surface area (Å²) in [6, 6.07) is 7.95. The first-order chi connectivity index (χ1) is 13.1. The minimum atomic E-state index is -0.795. The lowest BCUT2D eigenvalue weighted by atomic mass is 10.2. The zero-order valence-corrected chi connectivity index (χ0v) is 14.5. The van der Waals surface area contributed by atoms with Crippen molar-refractivity contribution in [2.24, 2.45) is 0 Å². The molecule has 4 rings (SSSR count). The molecule has 27 heavy (non-hydrogen) atoms. The summed E-state index contributed by atoms with van der Waals surface area (Å²) in [6.45, 7) is 3.86. The van der Waals surface area contributed by atoms with Gasteiger partial charge in [0.25, 0.3) is 5.91 Å². The number of fused-ring (bicyclic) bond motifs is 1. The molecule has 0 saturated carbocycles. The van der Waals surface area contributed by atoms with Crippen LogP contribution in [-0.4, -0.2) is 47.1 Å². The second kappa shape index (κ2) is 7.42. The first-order valence-electron chi connectivity index (χ1n) is 8.63. The molecule has 2 heterocycles. The number of hydrogen-bond acceptors (Lipinski definition) is 4. The van der Waals surface area contributed by atoms with Crippen LogP contribution in [0.25, 0.3) is 11.0 Å². The van der Waals surface area contributed by atoms with E-state index in [2.05, 4.69) is 20.2 Å². The number of ether oxygens (including phenoxy) is 1. The highest BCUT2D eigenvalue weighted by Crippen LogP contribution is 2.19. The van der Waals surface area contributed by atoms with Gasteiger partial charge in [-0.2, -0.15) is 0 Å². The molecule has 8 heteroatoms. The van der Waals surface area contributed by atoms with Crippen molar-refractivity contribution in [3.8, 4) is 0 Å². The largest absolute Gasteiger partial charge is 0.379 e. The SMILES string of the molecule is O=C(Nc1ccc2nc(CN3CCOCC3)[nH]c2c1)c1cc(F)cc(F)c1. The first kappa shape index (κ1) is 17.6. The van der Waals surface area contributed by atoms with Crippen molar-refractivity contribution in [1.29, 1.82) is 0 Å². The maximum atomic E-state index is 13.3. The Morgan fingerprint density at radius 3 is 2.63 bits per heavy atom. The summed E-state index contributed by atoms with van der Waals surface area (Å²) in [4.78, 5) is 22.3. The molecule has 0 spiro atoms. The number of H-pyrrole nitrogens is 1. The summed E-state index contributed by atoms with van der Waals surface area (Å²) < 4.78 is 31.9. The Labute approximate surface area is 154 Å². The van der Waals surface area contributed by atoms with Gasteiger partial charge in [-0.05, 0) is 30.3 Å². The van der Waals surface area contributed by atoms with Gasteiger partial charge in [0.1, 0.15) is 17.5 Å². The number of nitrogens with zero attached hydrogens (tertiary/aromatic N) is 2. The number of anilines is 1. The van der Waals surface area contributed by atoms with Crippen LogP contribution in [0.4, 0.5) is 14.5 Å². The normalized spacial score (nSPS) is 15.2. The average Bonchev–Trinajstić information content (AvgIpc) is 3.03. The minimum Gasteiger partial charge on any atom is -0.379 e. The van der Waals surface area contributed by atoms with Crippen LogP contribution in [0.15, 0.2) is 36.4 Å². The van der Waals surface area contributed by atoms with E-state index in [1.165, 1.54) is 0 Å². The fourth-order valence-electron chi connectivity index (χ4n) is 3.07. The van der Waals surface area contributed by atoms with Crippen LogP contribution in [0.3, 0.4) is 0 Å². The average molecular weight is 372 g/mol. The van der Waals surface area contributed by atoms with Crippen LogP contribution in [0.1, 0.15) is 16.2 Å². The van der Waals surface area contributed by atoms with Crippen molar-refractivity contribution in [1.82, 2.24) is 14.9 Å². The molecule has 1 saturated heterocycles. The minimum absolute atomic E-state index is 0.0785. The van der Waals surface area contributed by atoms with Crippen LogP contribution in [0.2, 0.25) is 0 Å². The Hall–Kier alpha value is -2.84. The van der Waals surface area contributed by atoms with Crippen molar-refractivity contribution < 1.29 is 18.3 Å². The summed E-state index contributed by atoms with van der Waals surface area (Å²) in [5.74, 6) is -1.34. The zero-order chi connectivity index (χ0) is 18.8. The van der Waals surface area contributed by atoms with E-state index in [1.807, 2.05) is 0 Å². The molecule has 2 N–H and O–H groups in total. The molecule has 0 radical (unpaired) electrons. The molecule has 1 amide bonds. The lowest BCUT2D eigenvalue weighted by Gasteiger charge is -2.25. The van der Waals surface area contributed by atoms with Gasteiger partial charge in [0.05, 0.1) is 30.8 Å². The van der Waals surface area contributed by atoms with Crippen LogP contribution >= 0.6 is 0 Å². The molecule has 1 aliphatic heterocycles. The lowest BCUT2D eigenvalue weighted by Crippen LogP contribution is -2.35. The molecule has 1 aliphatic rings. The lowest BCUT2D eigenvalue weighted by molar-refractivity contribution is 0.0332. The highest BCUT2D eigenvalue weighted by atomic mass is 19.1. The second-order valence-corrected chi connectivity index (χ2v) is 6.42. The number of carbonyl (C=O) groups is 1. The Balaban J connectivity index is 1.50. The van der Waals surface area contributed by atoms with Crippen molar-refractivity contribution in [3.05, 3.63) is 59.4 Å². The number of carbonyl (C=O) groups excluding carboxylic acids is 1. The zero-order valence-electron chi connectivity index (χ0n) is 14.5. The molecule has 0 bridgehead atoms. The topological polar surface area (TPSA) is 70.2 Å². The van der Waals surface area contributed by atoms with Gasteiger partial charge in [0, 0.05) is 30.4 Å². The highest BCUT2D eigenvalue weighted by molar-refractivity contribution is 6.05. The Bertz CT molecular complexity index is 963. The molecular formula is C19H18F2N4O2. The predicted octanol–water partition coefficient (Wildman–Crippen LogP) is 2.93. The van der Waals surface area contributed by atoms with Gasteiger partial charge in [0.2, 0.25) is 0 Å². The van der Waals surface area contributed by atoms with E-state index in [1.54, 1.807) is 18.2 Å². The monoisotopic (exact) mass is 372 g/mol.